The van der Waals surface area contributed by atoms with Crippen LogP contribution in [-0.2, 0) is 17.8 Å². The number of nitrogens with one attached hydrogen (secondary N) is 1. The third kappa shape index (κ3) is 4.91. The van der Waals surface area contributed by atoms with Gasteiger partial charge in [-0.25, -0.2) is 0 Å². The van der Waals surface area contributed by atoms with Gasteiger partial charge >= 0.3 is 0 Å². The number of rotatable bonds is 7. The predicted molar refractivity (Wildman–Crippen MR) is 95.5 cm³/mol. The van der Waals surface area contributed by atoms with Gasteiger partial charge in [0, 0.05) is 18.5 Å². The highest BCUT2D eigenvalue weighted by molar-refractivity contribution is 5.90. The fourth-order valence-electron chi connectivity index (χ4n) is 2.32. The van der Waals surface area contributed by atoms with E-state index >= 15 is 0 Å². The summed E-state index contributed by atoms with van der Waals surface area (Å²) in [7, 11) is 0. The second kappa shape index (κ2) is 8.10. The number of anilines is 1. The SMILES string of the molecule is CCc1ccc(OCC(=O)Nc2ccn(Cc3ccccn3)n2)cc1. The van der Waals surface area contributed by atoms with Crippen molar-refractivity contribution in [3.8, 4) is 5.75 Å². The number of carbonyl (C=O) groups excluding carboxylic acids is 1. The molecule has 0 aliphatic carbocycles. The Bertz CT molecular complexity index is 813. The van der Waals surface area contributed by atoms with Crippen LogP contribution < -0.4 is 10.1 Å². The van der Waals surface area contributed by atoms with Crippen LogP contribution in [0.4, 0.5) is 5.82 Å². The highest BCUT2D eigenvalue weighted by Crippen LogP contribution is 2.12. The van der Waals surface area contributed by atoms with Crippen LogP contribution in [0.25, 0.3) is 0 Å². The number of ether oxygens (including phenoxy) is 1. The van der Waals surface area contributed by atoms with Crippen molar-refractivity contribution < 1.29 is 9.53 Å². The molecule has 0 spiro atoms. The summed E-state index contributed by atoms with van der Waals surface area (Å²) in [4.78, 5) is 16.2. The topological polar surface area (TPSA) is 69.0 Å². The van der Waals surface area contributed by atoms with E-state index in [4.69, 9.17) is 4.74 Å². The van der Waals surface area contributed by atoms with E-state index in [-0.39, 0.29) is 12.5 Å². The summed E-state index contributed by atoms with van der Waals surface area (Å²) in [5.74, 6) is 0.918. The summed E-state index contributed by atoms with van der Waals surface area (Å²) in [6.07, 6.45) is 4.52. The van der Waals surface area contributed by atoms with Gasteiger partial charge in [0.15, 0.2) is 12.4 Å². The summed E-state index contributed by atoms with van der Waals surface area (Å²) >= 11 is 0. The molecule has 0 radical (unpaired) electrons. The van der Waals surface area contributed by atoms with E-state index in [2.05, 4.69) is 22.3 Å². The first kappa shape index (κ1) is 16.7. The number of hydrogen-bond acceptors (Lipinski definition) is 4. The van der Waals surface area contributed by atoms with E-state index < -0.39 is 0 Å². The Hall–Kier alpha value is -3.15. The van der Waals surface area contributed by atoms with Gasteiger partial charge in [0.1, 0.15) is 5.75 Å². The van der Waals surface area contributed by atoms with Crippen LogP contribution in [0.3, 0.4) is 0 Å². The van der Waals surface area contributed by atoms with Gasteiger partial charge in [-0.05, 0) is 36.2 Å². The largest absolute Gasteiger partial charge is 0.484 e. The molecule has 0 bridgehead atoms. The monoisotopic (exact) mass is 336 g/mol. The van der Waals surface area contributed by atoms with Crippen LogP contribution in [0.15, 0.2) is 60.9 Å². The van der Waals surface area contributed by atoms with Crippen molar-refractivity contribution in [1.29, 1.82) is 0 Å². The average Bonchev–Trinajstić information content (AvgIpc) is 3.08. The Balaban J connectivity index is 1.49. The molecule has 1 amide bonds. The molecule has 0 aliphatic heterocycles. The summed E-state index contributed by atoms with van der Waals surface area (Å²) in [5.41, 5.74) is 2.14. The van der Waals surface area contributed by atoms with E-state index in [0.29, 0.717) is 18.1 Å². The number of carbonyl (C=O) groups is 1. The third-order valence-corrected chi connectivity index (χ3v) is 3.66. The van der Waals surface area contributed by atoms with Crippen LogP contribution in [0.1, 0.15) is 18.2 Å². The maximum Gasteiger partial charge on any atom is 0.263 e. The number of pyridine rings is 1. The van der Waals surface area contributed by atoms with Crippen molar-refractivity contribution in [3.63, 3.8) is 0 Å². The number of benzene rings is 1. The van der Waals surface area contributed by atoms with Gasteiger partial charge < -0.3 is 10.1 Å². The minimum absolute atomic E-state index is 0.0570. The molecule has 6 heteroatoms. The van der Waals surface area contributed by atoms with Crippen molar-refractivity contribution >= 4 is 11.7 Å². The van der Waals surface area contributed by atoms with E-state index in [1.54, 1.807) is 23.1 Å². The molecule has 0 saturated heterocycles. The zero-order chi connectivity index (χ0) is 17.5. The Morgan fingerprint density at radius 1 is 1.16 bits per heavy atom. The predicted octanol–water partition coefficient (Wildman–Crippen LogP) is 2.91. The Morgan fingerprint density at radius 3 is 2.72 bits per heavy atom. The van der Waals surface area contributed by atoms with E-state index in [1.807, 2.05) is 42.5 Å². The van der Waals surface area contributed by atoms with Crippen LogP contribution in [0, 0.1) is 0 Å². The minimum Gasteiger partial charge on any atom is -0.484 e. The lowest BCUT2D eigenvalue weighted by Gasteiger charge is -2.06. The molecule has 128 valence electrons. The van der Waals surface area contributed by atoms with Crippen molar-refractivity contribution in [2.24, 2.45) is 0 Å². The molecule has 0 unspecified atom stereocenters. The molecule has 0 atom stereocenters. The van der Waals surface area contributed by atoms with Crippen LogP contribution in [0.5, 0.6) is 5.75 Å². The zero-order valence-corrected chi connectivity index (χ0v) is 14.1. The molecular formula is C19H20N4O2. The van der Waals surface area contributed by atoms with Gasteiger partial charge in [-0.15, -0.1) is 0 Å². The fraction of sp³-hybridized carbons (Fsp3) is 0.211. The highest BCUT2D eigenvalue weighted by Gasteiger charge is 2.07. The Morgan fingerprint density at radius 2 is 2.00 bits per heavy atom. The maximum atomic E-state index is 12.0. The van der Waals surface area contributed by atoms with E-state index in [9.17, 15) is 4.79 Å². The molecule has 3 rings (SSSR count). The second-order valence-electron chi connectivity index (χ2n) is 5.55. The van der Waals surface area contributed by atoms with E-state index in [0.717, 1.165) is 12.1 Å². The first-order valence-electron chi connectivity index (χ1n) is 8.18. The number of aryl methyl sites for hydroxylation is 1. The van der Waals surface area contributed by atoms with Crippen LogP contribution in [-0.4, -0.2) is 27.3 Å². The molecule has 1 aromatic carbocycles. The second-order valence-corrected chi connectivity index (χ2v) is 5.55. The molecule has 25 heavy (non-hydrogen) atoms. The summed E-state index contributed by atoms with van der Waals surface area (Å²) < 4.78 is 7.21. The lowest BCUT2D eigenvalue weighted by Crippen LogP contribution is -2.20. The maximum absolute atomic E-state index is 12.0. The number of amides is 1. The molecule has 0 fully saturated rings. The van der Waals surface area contributed by atoms with Crippen molar-refractivity contribution in [2.75, 3.05) is 11.9 Å². The fourth-order valence-corrected chi connectivity index (χ4v) is 2.32. The number of aromatic nitrogens is 3. The smallest absolute Gasteiger partial charge is 0.263 e. The first-order chi connectivity index (χ1) is 12.2. The lowest BCUT2D eigenvalue weighted by molar-refractivity contribution is -0.118. The molecule has 3 aromatic rings. The molecule has 6 nitrogen and oxygen atoms in total. The minimum atomic E-state index is -0.248. The van der Waals surface area contributed by atoms with Crippen molar-refractivity contribution in [1.82, 2.24) is 14.8 Å². The number of hydrogen-bond donors (Lipinski definition) is 1. The van der Waals surface area contributed by atoms with Gasteiger partial charge in [-0.1, -0.05) is 25.1 Å². The molecule has 1 N–H and O–H groups in total. The Labute approximate surface area is 146 Å². The van der Waals surface area contributed by atoms with Crippen LogP contribution >= 0.6 is 0 Å². The standard InChI is InChI=1S/C19H20N4O2/c1-2-15-6-8-17(9-7-15)25-14-19(24)21-18-10-12-23(22-18)13-16-5-3-4-11-20-16/h3-12H,2,13-14H2,1H3,(H,21,22,24). The molecule has 0 saturated carbocycles. The van der Waals surface area contributed by atoms with Gasteiger partial charge in [0.2, 0.25) is 0 Å². The molecular weight excluding hydrogens is 316 g/mol. The van der Waals surface area contributed by atoms with Gasteiger partial charge in [0.05, 0.1) is 12.2 Å². The first-order valence-corrected chi connectivity index (χ1v) is 8.18. The zero-order valence-electron chi connectivity index (χ0n) is 14.1. The molecule has 0 aliphatic rings. The van der Waals surface area contributed by atoms with Gasteiger partial charge in [0.25, 0.3) is 5.91 Å². The van der Waals surface area contributed by atoms with Crippen LogP contribution in [0.2, 0.25) is 0 Å². The number of nitrogens with zero attached hydrogens (tertiary/aromatic N) is 3. The summed E-state index contributed by atoms with van der Waals surface area (Å²) in [5, 5.41) is 7.04. The average molecular weight is 336 g/mol. The van der Waals surface area contributed by atoms with Gasteiger partial charge in [-0.2, -0.15) is 5.10 Å². The lowest BCUT2D eigenvalue weighted by atomic mass is 10.2. The molecule has 2 heterocycles. The quantitative estimate of drug-likeness (QED) is 0.720. The van der Waals surface area contributed by atoms with Gasteiger partial charge in [-0.3, -0.25) is 14.5 Å². The summed E-state index contributed by atoms with van der Waals surface area (Å²) in [6, 6.07) is 15.2. The normalized spacial score (nSPS) is 10.4. The summed E-state index contributed by atoms with van der Waals surface area (Å²) in [6.45, 7) is 2.59. The third-order valence-electron chi connectivity index (χ3n) is 3.66. The highest BCUT2D eigenvalue weighted by atomic mass is 16.5. The molecule has 2 aromatic heterocycles. The van der Waals surface area contributed by atoms with E-state index in [1.165, 1.54) is 5.56 Å². The Kier molecular flexibility index (Phi) is 5.41. The van der Waals surface area contributed by atoms with Crippen molar-refractivity contribution in [3.05, 3.63) is 72.2 Å². The van der Waals surface area contributed by atoms with Crippen molar-refractivity contribution in [2.45, 2.75) is 19.9 Å².